The predicted octanol–water partition coefficient (Wildman–Crippen LogP) is 9.65. The lowest BCUT2D eigenvalue weighted by atomic mass is 10.0. The number of fused-ring (bicyclic) bond motifs is 7. The molecular weight excluding hydrogens is 604 g/mol. The molecule has 6 nitrogen and oxygen atoms in total. The fraction of sp³-hybridized carbons (Fsp3) is 0.0233. The first-order valence-corrected chi connectivity index (χ1v) is 16.1. The van der Waals surface area contributed by atoms with Gasteiger partial charge in [-0.05, 0) is 71.4 Å². The molecule has 6 heteroatoms. The van der Waals surface area contributed by atoms with Crippen molar-refractivity contribution in [3.63, 3.8) is 0 Å². The summed E-state index contributed by atoms with van der Waals surface area (Å²) in [5.41, 5.74) is 7.58. The Hall–Kier alpha value is -6.68. The smallest absolute Gasteiger partial charge is 0.256 e. The highest BCUT2D eigenvalue weighted by atomic mass is 16.3. The number of para-hydroxylation sites is 3. The minimum absolute atomic E-state index is 0.340. The van der Waals surface area contributed by atoms with Crippen LogP contribution in [-0.4, -0.2) is 20.1 Å². The zero-order chi connectivity index (χ0) is 33.1. The molecule has 0 aliphatic heterocycles. The standard InChI is InChI=1S/C43H28N4O2/c44-25-29-12-3-6-16-37(29)45-43(49)33-15-9-19-40(36(33)26-48)47-39-18-8-5-14-32(39)35-23-41-34(24-42(35)47)31-13-4-7-17-38(31)46(41)30-21-20-27-10-1-2-11-28(27)22-30/h1-24,48H,26H2,(H,45,49). The van der Waals surface area contributed by atoms with Crippen LogP contribution in [0.25, 0.3) is 65.8 Å². The van der Waals surface area contributed by atoms with E-state index in [1.807, 2.05) is 24.3 Å². The molecule has 7 aromatic carbocycles. The SMILES string of the molecule is N#Cc1ccccc1NC(=O)c1cccc(-n2c3ccccc3c3cc4c(cc32)c2ccccc2n4-c2ccc3ccccc3c2)c1CO. The molecule has 1 amide bonds. The zero-order valence-corrected chi connectivity index (χ0v) is 26.3. The van der Waals surface area contributed by atoms with Gasteiger partial charge in [-0.3, -0.25) is 4.79 Å². The molecule has 0 unspecified atom stereocenters. The van der Waals surface area contributed by atoms with Crippen molar-refractivity contribution in [1.29, 1.82) is 5.26 Å². The molecule has 232 valence electrons. The topological polar surface area (TPSA) is 83.0 Å². The number of rotatable bonds is 5. The van der Waals surface area contributed by atoms with E-state index < -0.39 is 5.91 Å². The van der Waals surface area contributed by atoms with E-state index in [2.05, 4.69) is 112 Å². The molecule has 0 spiro atoms. The van der Waals surface area contributed by atoms with Gasteiger partial charge in [0, 0.05) is 38.4 Å². The Morgan fingerprint density at radius 3 is 1.98 bits per heavy atom. The van der Waals surface area contributed by atoms with Crippen molar-refractivity contribution < 1.29 is 9.90 Å². The van der Waals surface area contributed by atoms with Crippen LogP contribution in [0.5, 0.6) is 0 Å². The van der Waals surface area contributed by atoms with Gasteiger partial charge in [-0.1, -0.05) is 84.9 Å². The quantitative estimate of drug-likeness (QED) is 0.198. The van der Waals surface area contributed by atoms with Gasteiger partial charge in [-0.15, -0.1) is 0 Å². The van der Waals surface area contributed by atoms with Gasteiger partial charge in [0.15, 0.2) is 0 Å². The fourth-order valence-electron chi connectivity index (χ4n) is 7.33. The molecule has 49 heavy (non-hydrogen) atoms. The molecule has 0 saturated heterocycles. The summed E-state index contributed by atoms with van der Waals surface area (Å²) in [7, 11) is 0. The number of anilines is 1. The lowest BCUT2D eigenvalue weighted by Crippen LogP contribution is -2.16. The number of benzene rings is 7. The molecule has 9 rings (SSSR count). The summed E-state index contributed by atoms with van der Waals surface area (Å²) in [6.07, 6.45) is 0. The number of amides is 1. The normalized spacial score (nSPS) is 11.5. The Kier molecular flexibility index (Phi) is 6.54. The number of aliphatic hydroxyl groups excluding tert-OH is 1. The number of nitrogens with zero attached hydrogens (tertiary/aromatic N) is 3. The van der Waals surface area contributed by atoms with Crippen LogP contribution < -0.4 is 5.32 Å². The Morgan fingerprint density at radius 1 is 0.612 bits per heavy atom. The van der Waals surface area contributed by atoms with Crippen LogP contribution in [0, 0.1) is 11.3 Å². The molecule has 0 aliphatic carbocycles. The zero-order valence-electron chi connectivity index (χ0n) is 26.3. The number of hydrogen-bond donors (Lipinski definition) is 2. The van der Waals surface area contributed by atoms with Crippen molar-refractivity contribution in [1.82, 2.24) is 9.13 Å². The predicted molar refractivity (Wildman–Crippen MR) is 198 cm³/mol. The van der Waals surface area contributed by atoms with Crippen LogP contribution >= 0.6 is 0 Å². The van der Waals surface area contributed by atoms with Gasteiger partial charge in [-0.2, -0.15) is 5.26 Å². The first kappa shape index (κ1) is 28.5. The van der Waals surface area contributed by atoms with Gasteiger partial charge in [0.1, 0.15) is 6.07 Å². The highest BCUT2D eigenvalue weighted by Gasteiger charge is 2.22. The van der Waals surface area contributed by atoms with Gasteiger partial charge < -0.3 is 19.6 Å². The molecular formula is C43H28N4O2. The Bertz CT molecular complexity index is 2840. The second kappa shape index (κ2) is 11.2. The number of nitrogens with one attached hydrogen (secondary N) is 1. The maximum absolute atomic E-state index is 13.7. The maximum Gasteiger partial charge on any atom is 0.256 e. The van der Waals surface area contributed by atoms with E-state index in [-0.39, 0.29) is 6.61 Å². The van der Waals surface area contributed by atoms with Crippen LogP contribution in [0.2, 0.25) is 0 Å². The third-order valence-electron chi connectivity index (χ3n) is 9.55. The van der Waals surface area contributed by atoms with Gasteiger partial charge in [0.05, 0.1) is 45.6 Å². The van der Waals surface area contributed by atoms with Gasteiger partial charge in [0.2, 0.25) is 0 Å². The van der Waals surface area contributed by atoms with Crippen molar-refractivity contribution in [2.24, 2.45) is 0 Å². The number of aromatic nitrogens is 2. The monoisotopic (exact) mass is 632 g/mol. The maximum atomic E-state index is 13.7. The molecule has 0 saturated carbocycles. The van der Waals surface area contributed by atoms with E-state index in [9.17, 15) is 15.2 Å². The average molecular weight is 633 g/mol. The largest absolute Gasteiger partial charge is 0.392 e. The lowest BCUT2D eigenvalue weighted by molar-refractivity contribution is 0.102. The molecule has 2 heterocycles. The number of nitriles is 1. The number of carbonyl (C=O) groups is 1. The van der Waals surface area contributed by atoms with E-state index in [1.165, 1.54) is 10.8 Å². The first-order valence-electron chi connectivity index (χ1n) is 16.1. The molecule has 0 fully saturated rings. The molecule has 2 aromatic heterocycles. The van der Waals surface area contributed by atoms with Crippen molar-refractivity contribution in [3.8, 4) is 17.4 Å². The van der Waals surface area contributed by atoms with E-state index in [1.54, 1.807) is 30.3 Å². The number of carbonyl (C=O) groups excluding carboxylic acids is 1. The highest BCUT2D eigenvalue weighted by molar-refractivity contribution is 6.19. The number of hydrogen-bond acceptors (Lipinski definition) is 3. The molecule has 0 bridgehead atoms. The molecule has 0 aliphatic rings. The fourth-order valence-corrected chi connectivity index (χ4v) is 7.33. The Balaban J connectivity index is 1.30. The molecule has 9 aromatic rings. The summed E-state index contributed by atoms with van der Waals surface area (Å²) in [6.45, 7) is -0.351. The van der Waals surface area contributed by atoms with Crippen LogP contribution in [0.1, 0.15) is 21.5 Å². The lowest BCUT2D eigenvalue weighted by Gasteiger charge is -2.16. The van der Waals surface area contributed by atoms with E-state index >= 15 is 0 Å². The van der Waals surface area contributed by atoms with Crippen molar-refractivity contribution >= 4 is 66.0 Å². The van der Waals surface area contributed by atoms with E-state index in [0.717, 1.165) is 49.3 Å². The highest BCUT2D eigenvalue weighted by Crippen LogP contribution is 2.40. The molecule has 0 atom stereocenters. The van der Waals surface area contributed by atoms with Crippen molar-refractivity contribution in [3.05, 3.63) is 162 Å². The van der Waals surface area contributed by atoms with Crippen LogP contribution in [0.3, 0.4) is 0 Å². The summed E-state index contributed by atoms with van der Waals surface area (Å²) in [6, 6.07) is 50.8. The van der Waals surface area contributed by atoms with Crippen LogP contribution in [0.15, 0.2) is 146 Å². The van der Waals surface area contributed by atoms with Crippen LogP contribution in [-0.2, 0) is 6.61 Å². The molecule has 2 N–H and O–H groups in total. The Labute approximate surface area is 281 Å². The second-order valence-electron chi connectivity index (χ2n) is 12.2. The van der Waals surface area contributed by atoms with E-state index in [0.29, 0.717) is 28.1 Å². The summed E-state index contributed by atoms with van der Waals surface area (Å²) >= 11 is 0. The molecule has 0 radical (unpaired) electrons. The summed E-state index contributed by atoms with van der Waals surface area (Å²) in [5, 5.41) is 30.0. The van der Waals surface area contributed by atoms with Gasteiger partial charge >= 0.3 is 0 Å². The summed E-state index contributed by atoms with van der Waals surface area (Å²) in [5.74, 6) is -0.393. The number of aliphatic hydroxyl groups is 1. The first-order chi connectivity index (χ1) is 24.1. The van der Waals surface area contributed by atoms with Crippen molar-refractivity contribution in [2.75, 3.05) is 5.32 Å². The average Bonchev–Trinajstić information content (AvgIpc) is 3.65. The van der Waals surface area contributed by atoms with Crippen molar-refractivity contribution in [2.45, 2.75) is 6.61 Å². The van der Waals surface area contributed by atoms with E-state index in [4.69, 9.17) is 0 Å². The van der Waals surface area contributed by atoms with Gasteiger partial charge in [-0.25, -0.2) is 0 Å². The minimum atomic E-state index is -0.393. The Morgan fingerprint density at radius 2 is 1.24 bits per heavy atom. The van der Waals surface area contributed by atoms with Gasteiger partial charge in [0.25, 0.3) is 5.91 Å². The van der Waals surface area contributed by atoms with Crippen LogP contribution in [0.4, 0.5) is 5.69 Å². The third-order valence-corrected chi connectivity index (χ3v) is 9.55. The summed E-state index contributed by atoms with van der Waals surface area (Å²) < 4.78 is 4.49. The minimum Gasteiger partial charge on any atom is -0.392 e. The second-order valence-corrected chi connectivity index (χ2v) is 12.2. The summed E-state index contributed by atoms with van der Waals surface area (Å²) in [4.78, 5) is 13.7. The third kappa shape index (κ3) is 4.41.